The highest BCUT2D eigenvalue weighted by Crippen LogP contribution is 1.99. The van der Waals surface area contributed by atoms with Crippen molar-refractivity contribution in [2.45, 2.75) is 65.5 Å². The van der Waals surface area contributed by atoms with Crippen LogP contribution in [0, 0.1) is 0 Å². The summed E-state index contributed by atoms with van der Waals surface area (Å²) in [6.45, 7) is 13.0. The second-order valence-corrected chi connectivity index (χ2v) is 6.82. The van der Waals surface area contributed by atoms with Gasteiger partial charge in [0.25, 0.3) is 0 Å². The van der Waals surface area contributed by atoms with Gasteiger partial charge in [-0.05, 0) is 41.5 Å². The van der Waals surface area contributed by atoms with Crippen LogP contribution in [-0.2, 0) is 9.59 Å². The first-order valence-corrected chi connectivity index (χ1v) is 6.82. The first kappa shape index (κ1) is 17.9. The summed E-state index contributed by atoms with van der Waals surface area (Å²) in [7, 11) is 0. The lowest BCUT2D eigenvalue weighted by molar-refractivity contribution is -0.123. The standard InChI is InChI=1S/C14H29N3O2/c1-13(2,3)16-10-8-11(18)15-9-7-12(19)17-14(4,5)6/h16H,7-10H2,1-6H3,(H,15,18)(H,17,19). The molecule has 0 aliphatic heterocycles. The van der Waals surface area contributed by atoms with E-state index in [0.717, 1.165) is 0 Å². The van der Waals surface area contributed by atoms with Gasteiger partial charge in [-0.2, -0.15) is 0 Å². The highest BCUT2D eigenvalue weighted by atomic mass is 16.2. The summed E-state index contributed by atoms with van der Waals surface area (Å²) in [6, 6.07) is 0. The van der Waals surface area contributed by atoms with Crippen LogP contribution in [0.3, 0.4) is 0 Å². The van der Waals surface area contributed by atoms with Crippen molar-refractivity contribution in [2.75, 3.05) is 13.1 Å². The molecule has 0 aliphatic rings. The molecule has 0 rings (SSSR count). The van der Waals surface area contributed by atoms with E-state index in [9.17, 15) is 9.59 Å². The average molecular weight is 271 g/mol. The van der Waals surface area contributed by atoms with E-state index in [4.69, 9.17) is 0 Å². The maximum Gasteiger partial charge on any atom is 0.222 e. The normalized spacial score (nSPS) is 12.1. The summed E-state index contributed by atoms with van der Waals surface area (Å²) in [4.78, 5) is 23.0. The Morgan fingerprint density at radius 1 is 0.789 bits per heavy atom. The quantitative estimate of drug-likeness (QED) is 0.679. The van der Waals surface area contributed by atoms with E-state index in [1.54, 1.807) is 0 Å². The summed E-state index contributed by atoms with van der Waals surface area (Å²) in [6.07, 6.45) is 0.744. The number of carbonyl (C=O) groups excluding carboxylic acids is 2. The molecule has 112 valence electrons. The zero-order chi connectivity index (χ0) is 15.1. The van der Waals surface area contributed by atoms with Crippen LogP contribution in [0.2, 0.25) is 0 Å². The first-order chi connectivity index (χ1) is 8.49. The summed E-state index contributed by atoms with van der Waals surface area (Å²) in [5, 5.41) is 8.84. The Labute approximate surface area is 116 Å². The molecule has 5 heteroatoms. The zero-order valence-electron chi connectivity index (χ0n) is 13.1. The van der Waals surface area contributed by atoms with Gasteiger partial charge in [0.15, 0.2) is 0 Å². The third kappa shape index (κ3) is 13.1. The average Bonchev–Trinajstić information content (AvgIpc) is 2.12. The number of amides is 2. The van der Waals surface area contributed by atoms with Gasteiger partial charge in [-0.25, -0.2) is 0 Å². The van der Waals surface area contributed by atoms with Crippen molar-refractivity contribution < 1.29 is 9.59 Å². The molecule has 0 spiro atoms. The fourth-order valence-corrected chi connectivity index (χ4v) is 1.44. The Balaban J connectivity index is 3.67. The highest BCUT2D eigenvalue weighted by molar-refractivity contribution is 5.79. The number of rotatable bonds is 6. The van der Waals surface area contributed by atoms with Gasteiger partial charge < -0.3 is 16.0 Å². The molecule has 0 aromatic carbocycles. The second kappa shape index (κ2) is 7.48. The van der Waals surface area contributed by atoms with E-state index in [0.29, 0.717) is 25.9 Å². The third-order valence-corrected chi connectivity index (χ3v) is 2.20. The van der Waals surface area contributed by atoms with E-state index in [2.05, 4.69) is 36.7 Å². The van der Waals surface area contributed by atoms with Crippen LogP contribution in [0.25, 0.3) is 0 Å². The van der Waals surface area contributed by atoms with E-state index < -0.39 is 0 Å². The molecule has 0 radical (unpaired) electrons. The van der Waals surface area contributed by atoms with Crippen LogP contribution in [-0.4, -0.2) is 36.0 Å². The molecule has 0 bridgehead atoms. The highest BCUT2D eigenvalue weighted by Gasteiger charge is 2.13. The first-order valence-electron chi connectivity index (χ1n) is 6.82. The Morgan fingerprint density at radius 3 is 1.79 bits per heavy atom. The molecule has 3 N–H and O–H groups in total. The molecule has 0 heterocycles. The van der Waals surface area contributed by atoms with Gasteiger partial charge in [0.2, 0.25) is 11.8 Å². The predicted molar refractivity (Wildman–Crippen MR) is 77.9 cm³/mol. The maximum absolute atomic E-state index is 11.5. The van der Waals surface area contributed by atoms with Crippen molar-refractivity contribution in [3.05, 3.63) is 0 Å². The van der Waals surface area contributed by atoms with Gasteiger partial charge in [-0.1, -0.05) is 0 Å². The SMILES string of the molecule is CC(C)(C)NCCC(=O)NCCC(=O)NC(C)(C)C. The predicted octanol–water partition coefficient (Wildman–Crippen LogP) is 1.19. The maximum atomic E-state index is 11.5. The van der Waals surface area contributed by atoms with Crippen LogP contribution in [0.1, 0.15) is 54.4 Å². The third-order valence-electron chi connectivity index (χ3n) is 2.20. The summed E-state index contributed by atoms with van der Waals surface area (Å²) in [5.74, 6) is -0.0686. The molecule has 0 atom stereocenters. The smallest absolute Gasteiger partial charge is 0.222 e. The number of hydrogen-bond acceptors (Lipinski definition) is 3. The summed E-state index contributed by atoms with van der Waals surface area (Å²) < 4.78 is 0. The van der Waals surface area contributed by atoms with Gasteiger partial charge >= 0.3 is 0 Å². The minimum atomic E-state index is -0.224. The monoisotopic (exact) mass is 271 g/mol. The van der Waals surface area contributed by atoms with Crippen molar-refractivity contribution in [1.82, 2.24) is 16.0 Å². The van der Waals surface area contributed by atoms with Crippen molar-refractivity contribution >= 4 is 11.8 Å². The lowest BCUT2D eigenvalue weighted by Gasteiger charge is -2.21. The molecular formula is C14H29N3O2. The summed E-state index contributed by atoms with van der Waals surface area (Å²) >= 11 is 0. The van der Waals surface area contributed by atoms with Gasteiger partial charge in [0, 0.05) is 37.0 Å². The molecule has 0 aromatic heterocycles. The molecular weight excluding hydrogens is 242 g/mol. The van der Waals surface area contributed by atoms with Crippen molar-refractivity contribution in [1.29, 1.82) is 0 Å². The minimum Gasteiger partial charge on any atom is -0.356 e. The minimum absolute atomic E-state index is 0.0207. The Hall–Kier alpha value is -1.10. The lowest BCUT2D eigenvalue weighted by atomic mass is 10.1. The topological polar surface area (TPSA) is 70.2 Å². The van der Waals surface area contributed by atoms with Crippen LogP contribution in [0.15, 0.2) is 0 Å². The van der Waals surface area contributed by atoms with E-state index in [1.807, 2.05) is 20.8 Å². The molecule has 0 saturated carbocycles. The molecule has 0 saturated heterocycles. The Morgan fingerprint density at radius 2 is 1.32 bits per heavy atom. The molecule has 0 fully saturated rings. The van der Waals surface area contributed by atoms with Gasteiger partial charge in [0.1, 0.15) is 0 Å². The van der Waals surface area contributed by atoms with Crippen molar-refractivity contribution in [3.63, 3.8) is 0 Å². The van der Waals surface area contributed by atoms with Crippen LogP contribution in [0.4, 0.5) is 0 Å². The fourth-order valence-electron chi connectivity index (χ4n) is 1.44. The number of carbonyl (C=O) groups is 2. The van der Waals surface area contributed by atoms with Crippen molar-refractivity contribution in [3.8, 4) is 0 Å². The van der Waals surface area contributed by atoms with E-state index in [-0.39, 0.29) is 22.9 Å². The number of hydrogen-bond donors (Lipinski definition) is 3. The lowest BCUT2D eigenvalue weighted by Crippen LogP contribution is -2.42. The molecule has 0 aromatic rings. The molecule has 19 heavy (non-hydrogen) atoms. The zero-order valence-corrected chi connectivity index (χ0v) is 13.1. The molecule has 5 nitrogen and oxygen atoms in total. The number of nitrogens with one attached hydrogen (secondary N) is 3. The molecule has 0 aliphatic carbocycles. The summed E-state index contributed by atoms with van der Waals surface area (Å²) in [5.41, 5.74) is -0.204. The van der Waals surface area contributed by atoms with Gasteiger partial charge in [-0.3, -0.25) is 9.59 Å². The largest absolute Gasteiger partial charge is 0.356 e. The van der Waals surface area contributed by atoms with E-state index >= 15 is 0 Å². The molecule has 0 unspecified atom stereocenters. The van der Waals surface area contributed by atoms with Crippen molar-refractivity contribution in [2.24, 2.45) is 0 Å². The Bertz CT molecular complexity index is 301. The Kier molecular flexibility index (Phi) is 7.05. The van der Waals surface area contributed by atoms with Crippen LogP contribution >= 0.6 is 0 Å². The molecule has 2 amide bonds. The van der Waals surface area contributed by atoms with Crippen LogP contribution < -0.4 is 16.0 Å². The fraction of sp³-hybridized carbons (Fsp3) is 0.857. The van der Waals surface area contributed by atoms with Gasteiger partial charge in [-0.15, -0.1) is 0 Å². The van der Waals surface area contributed by atoms with Gasteiger partial charge in [0.05, 0.1) is 0 Å². The van der Waals surface area contributed by atoms with Crippen LogP contribution in [0.5, 0.6) is 0 Å². The second-order valence-electron chi connectivity index (χ2n) is 6.82. The van der Waals surface area contributed by atoms with E-state index in [1.165, 1.54) is 0 Å².